The average molecular weight is 237 g/mol. The number of rotatable bonds is 5. The molecule has 2 aliphatic carbocycles. The fourth-order valence-corrected chi connectivity index (χ4v) is 2.77. The molecule has 0 unspecified atom stereocenters. The van der Waals surface area contributed by atoms with Crippen LogP contribution in [0.3, 0.4) is 0 Å². The van der Waals surface area contributed by atoms with Crippen LogP contribution in [0.25, 0.3) is 0 Å². The van der Waals surface area contributed by atoms with Gasteiger partial charge in [0.25, 0.3) is 0 Å². The first-order valence-electron chi connectivity index (χ1n) is 6.09. The second-order valence-corrected chi connectivity index (χ2v) is 5.61. The zero-order chi connectivity index (χ0) is 11.0. The summed E-state index contributed by atoms with van der Waals surface area (Å²) in [5.74, 6) is 1.02. The van der Waals surface area contributed by atoms with Crippen molar-refractivity contribution in [2.75, 3.05) is 6.54 Å². The van der Waals surface area contributed by atoms with E-state index in [0.29, 0.717) is 5.41 Å². The van der Waals surface area contributed by atoms with Gasteiger partial charge in [-0.1, -0.05) is 11.6 Å². The van der Waals surface area contributed by atoms with Crippen molar-refractivity contribution in [1.82, 2.24) is 10.3 Å². The molecule has 0 atom stereocenters. The van der Waals surface area contributed by atoms with E-state index in [9.17, 15) is 0 Å². The predicted octanol–water partition coefficient (Wildman–Crippen LogP) is 3.01. The lowest BCUT2D eigenvalue weighted by Gasteiger charge is -2.15. The van der Waals surface area contributed by atoms with E-state index in [1.54, 1.807) is 12.4 Å². The van der Waals surface area contributed by atoms with Gasteiger partial charge in [-0.25, -0.2) is 0 Å². The normalized spacial score (nSPS) is 22.1. The average Bonchev–Trinajstić information content (AvgIpc) is 3.15. The van der Waals surface area contributed by atoms with Crippen molar-refractivity contribution >= 4 is 11.6 Å². The Morgan fingerprint density at radius 3 is 2.88 bits per heavy atom. The van der Waals surface area contributed by atoms with Crippen LogP contribution in [0.5, 0.6) is 0 Å². The van der Waals surface area contributed by atoms with Crippen LogP contribution >= 0.6 is 11.6 Å². The smallest absolute Gasteiger partial charge is 0.0634 e. The summed E-state index contributed by atoms with van der Waals surface area (Å²) in [6, 6.07) is 1.99. The van der Waals surface area contributed by atoms with Crippen LogP contribution in [0.2, 0.25) is 5.02 Å². The number of hydrogen-bond donors (Lipinski definition) is 1. The van der Waals surface area contributed by atoms with E-state index in [0.717, 1.165) is 29.6 Å². The first kappa shape index (κ1) is 10.5. The van der Waals surface area contributed by atoms with Crippen molar-refractivity contribution < 1.29 is 0 Å². The molecule has 1 N–H and O–H groups in total. The monoisotopic (exact) mass is 236 g/mol. The Balaban J connectivity index is 1.52. The molecule has 0 saturated heterocycles. The fraction of sp³-hybridized carbons (Fsp3) is 0.615. The third-order valence-electron chi connectivity index (χ3n) is 3.98. The molecule has 0 aromatic carbocycles. The van der Waals surface area contributed by atoms with Gasteiger partial charge >= 0.3 is 0 Å². The number of halogens is 1. The third kappa shape index (κ3) is 2.09. The summed E-state index contributed by atoms with van der Waals surface area (Å²) in [4.78, 5) is 3.99. The van der Waals surface area contributed by atoms with Gasteiger partial charge in [0.2, 0.25) is 0 Å². The van der Waals surface area contributed by atoms with E-state index < -0.39 is 0 Å². The molecular formula is C13H17ClN2. The Hall–Kier alpha value is -0.600. The van der Waals surface area contributed by atoms with Crippen LogP contribution in [0.4, 0.5) is 0 Å². The molecule has 0 aliphatic heterocycles. The summed E-state index contributed by atoms with van der Waals surface area (Å²) in [5.41, 5.74) is 1.82. The number of nitrogens with zero attached hydrogens (tertiary/aromatic N) is 1. The van der Waals surface area contributed by atoms with E-state index in [1.165, 1.54) is 25.7 Å². The highest BCUT2D eigenvalue weighted by atomic mass is 35.5. The van der Waals surface area contributed by atoms with Crippen LogP contribution in [0.1, 0.15) is 31.2 Å². The zero-order valence-electron chi connectivity index (χ0n) is 9.38. The molecule has 1 heterocycles. The van der Waals surface area contributed by atoms with E-state index in [2.05, 4.69) is 10.3 Å². The zero-order valence-corrected chi connectivity index (χ0v) is 10.1. The molecule has 3 heteroatoms. The molecule has 2 saturated carbocycles. The lowest BCUT2D eigenvalue weighted by Crippen LogP contribution is -2.25. The van der Waals surface area contributed by atoms with Crippen molar-refractivity contribution in [3.8, 4) is 0 Å². The molecule has 3 rings (SSSR count). The van der Waals surface area contributed by atoms with Gasteiger partial charge in [-0.3, -0.25) is 4.98 Å². The SMILES string of the molecule is Clc1cnccc1CNCC1(C2CC2)CC1. The van der Waals surface area contributed by atoms with Gasteiger partial charge in [-0.15, -0.1) is 0 Å². The highest BCUT2D eigenvalue weighted by molar-refractivity contribution is 6.31. The van der Waals surface area contributed by atoms with Gasteiger partial charge < -0.3 is 5.32 Å². The Bertz CT molecular complexity index is 383. The van der Waals surface area contributed by atoms with Crippen LogP contribution in [0.15, 0.2) is 18.5 Å². The maximum Gasteiger partial charge on any atom is 0.0634 e. The van der Waals surface area contributed by atoms with Gasteiger partial charge in [-0.05, 0) is 48.6 Å². The summed E-state index contributed by atoms with van der Waals surface area (Å²) in [5, 5.41) is 4.32. The Morgan fingerprint density at radius 2 is 2.25 bits per heavy atom. The maximum absolute atomic E-state index is 6.06. The van der Waals surface area contributed by atoms with Gasteiger partial charge in [-0.2, -0.15) is 0 Å². The molecule has 1 aromatic rings. The van der Waals surface area contributed by atoms with Gasteiger partial charge in [0.1, 0.15) is 0 Å². The van der Waals surface area contributed by atoms with Crippen molar-refractivity contribution in [1.29, 1.82) is 0 Å². The Kier molecular flexibility index (Phi) is 2.64. The molecule has 1 aromatic heterocycles. The first-order chi connectivity index (χ1) is 7.80. The first-order valence-corrected chi connectivity index (χ1v) is 6.47. The largest absolute Gasteiger partial charge is 0.312 e. The summed E-state index contributed by atoms with van der Waals surface area (Å²) >= 11 is 6.06. The Labute approximate surface area is 101 Å². The molecule has 86 valence electrons. The van der Waals surface area contributed by atoms with Crippen LogP contribution in [0, 0.1) is 11.3 Å². The Morgan fingerprint density at radius 1 is 1.44 bits per heavy atom. The van der Waals surface area contributed by atoms with E-state index >= 15 is 0 Å². The maximum atomic E-state index is 6.06. The minimum Gasteiger partial charge on any atom is -0.312 e. The lowest BCUT2D eigenvalue weighted by molar-refractivity contribution is 0.403. The highest BCUT2D eigenvalue weighted by Gasteiger charge is 2.53. The summed E-state index contributed by atoms with van der Waals surface area (Å²) in [6.45, 7) is 2.03. The minimum atomic E-state index is 0.666. The molecule has 16 heavy (non-hydrogen) atoms. The molecule has 2 nitrogen and oxygen atoms in total. The molecule has 0 radical (unpaired) electrons. The fourth-order valence-electron chi connectivity index (χ4n) is 2.58. The van der Waals surface area contributed by atoms with Crippen molar-refractivity contribution in [2.45, 2.75) is 32.2 Å². The molecule has 0 bridgehead atoms. The number of aromatic nitrogens is 1. The molecule has 2 aliphatic rings. The van der Waals surface area contributed by atoms with E-state index in [-0.39, 0.29) is 0 Å². The van der Waals surface area contributed by atoms with Crippen molar-refractivity contribution in [2.24, 2.45) is 11.3 Å². The minimum absolute atomic E-state index is 0.666. The third-order valence-corrected chi connectivity index (χ3v) is 4.32. The standard InChI is InChI=1S/C13H17ClN2/c14-12-8-15-6-3-10(12)7-16-9-13(4-5-13)11-1-2-11/h3,6,8,11,16H,1-2,4-5,7,9H2. The summed E-state index contributed by atoms with van der Waals surface area (Å²) in [7, 11) is 0. The van der Waals surface area contributed by atoms with Gasteiger partial charge in [0.15, 0.2) is 0 Å². The van der Waals surface area contributed by atoms with Crippen LogP contribution < -0.4 is 5.32 Å². The van der Waals surface area contributed by atoms with Crippen molar-refractivity contribution in [3.63, 3.8) is 0 Å². The lowest BCUT2D eigenvalue weighted by atomic mass is 10.0. The number of pyridine rings is 1. The quantitative estimate of drug-likeness (QED) is 0.850. The molecular weight excluding hydrogens is 220 g/mol. The topological polar surface area (TPSA) is 24.9 Å². The van der Waals surface area contributed by atoms with E-state index in [1.807, 2.05) is 6.07 Å². The molecule has 2 fully saturated rings. The highest BCUT2D eigenvalue weighted by Crippen LogP contribution is 2.60. The molecule has 0 spiro atoms. The van der Waals surface area contributed by atoms with Gasteiger partial charge in [0.05, 0.1) is 5.02 Å². The second-order valence-electron chi connectivity index (χ2n) is 5.21. The van der Waals surface area contributed by atoms with Crippen LogP contribution in [-0.4, -0.2) is 11.5 Å². The summed E-state index contributed by atoms with van der Waals surface area (Å²) in [6.07, 6.45) is 9.28. The van der Waals surface area contributed by atoms with E-state index in [4.69, 9.17) is 11.6 Å². The number of nitrogens with one attached hydrogen (secondary N) is 1. The summed E-state index contributed by atoms with van der Waals surface area (Å²) < 4.78 is 0. The van der Waals surface area contributed by atoms with Crippen molar-refractivity contribution in [3.05, 3.63) is 29.0 Å². The predicted molar refractivity (Wildman–Crippen MR) is 65.3 cm³/mol. The molecule has 0 amide bonds. The van der Waals surface area contributed by atoms with Crippen LogP contribution in [-0.2, 0) is 6.54 Å². The van der Waals surface area contributed by atoms with Gasteiger partial charge in [0, 0.05) is 25.5 Å². The second kappa shape index (κ2) is 4.01. The number of hydrogen-bond acceptors (Lipinski definition) is 2.